The Morgan fingerprint density at radius 1 is 1.40 bits per heavy atom. The van der Waals surface area contributed by atoms with Crippen LogP contribution in [0.15, 0.2) is 6.20 Å². The molecule has 1 aromatic rings. The lowest BCUT2D eigenvalue weighted by atomic mass is 10.3. The Bertz CT molecular complexity index is 376. The molecule has 0 spiro atoms. The van der Waals surface area contributed by atoms with Gasteiger partial charge in [-0.1, -0.05) is 0 Å². The highest BCUT2D eigenvalue weighted by molar-refractivity contribution is 5.82. The summed E-state index contributed by atoms with van der Waals surface area (Å²) in [5.41, 5.74) is 0.0213. The summed E-state index contributed by atoms with van der Waals surface area (Å²) in [4.78, 5) is 18.2. The van der Waals surface area contributed by atoms with Crippen LogP contribution in [0.3, 0.4) is 0 Å². The Kier molecular flexibility index (Phi) is 2.92. The number of nitrogens with zero attached hydrogens (tertiary/aromatic N) is 3. The van der Waals surface area contributed by atoms with Gasteiger partial charge in [0.25, 0.3) is 0 Å². The molecule has 0 bridgehead atoms. The van der Waals surface area contributed by atoms with Crippen LogP contribution in [-0.2, 0) is 6.18 Å². The van der Waals surface area contributed by atoms with Gasteiger partial charge in [-0.2, -0.15) is 13.2 Å². The molecule has 0 aliphatic rings. The van der Waals surface area contributed by atoms with Crippen LogP contribution in [0.1, 0.15) is 16.2 Å². The van der Waals surface area contributed by atoms with Crippen molar-refractivity contribution in [1.29, 1.82) is 0 Å². The van der Waals surface area contributed by atoms with E-state index in [2.05, 4.69) is 9.97 Å². The molecule has 0 amide bonds. The molecule has 0 aliphatic carbocycles. The zero-order valence-electron chi connectivity index (χ0n) is 8.04. The fourth-order valence-corrected chi connectivity index (χ4v) is 0.960. The third kappa shape index (κ3) is 2.42. The maximum Gasteiger partial charge on any atom is 0.451 e. The number of carbonyl (C=O) groups excluding carboxylic acids is 1. The first-order valence-electron chi connectivity index (χ1n) is 3.93. The molecular formula is C8H8F3N3O. The molecule has 1 rings (SSSR count). The van der Waals surface area contributed by atoms with Gasteiger partial charge >= 0.3 is 6.18 Å². The third-order valence-electron chi connectivity index (χ3n) is 1.60. The smallest absolute Gasteiger partial charge is 0.362 e. The van der Waals surface area contributed by atoms with E-state index in [1.165, 1.54) is 19.0 Å². The van der Waals surface area contributed by atoms with Crippen molar-refractivity contribution in [2.75, 3.05) is 19.0 Å². The highest BCUT2D eigenvalue weighted by Crippen LogP contribution is 2.27. The number of aldehydes is 1. The summed E-state index contributed by atoms with van der Waals surface area (Å²) in [6.45, 7) is 0. The van der Waals surface area contributed by atoms with Crippen LogP contribution < -0.4 is 4.90 Å². The normalized spacial score (nSPS) is 11.3. The van der Waals surface area contributed by atoms with Crippen molar-refractivity contribution in [2.45, 2.75) is 6.18 Å². The Hall–Kier alpha value is -1.66. The molecule has 0 saturated carbocycles. The molecule has 0 unspecified atom stereocenters. The lowest BCUT2D eigenvalue weighted by molar-refractivity contribution is -0.144. The van der Waals surface area contributed by atoms with Crippen LogP contribution in [0.2, 0.25) is 0 Å². The predicted molar refractivity (Wildman–Crippen MR) is 46.7 cm³/mol. The van der Waals surface area contributed by atoms with Crippen molar-refractivity contribution in [2.24, 2.45) is 0 Å². The number of halogens is 3. The number of carbonyl (C=O) groups is 1. The summed E-state index contributed by atoms with van der Waals surface area (Å²) in [5, 5.41) is 0. The van der Waals surface area contributed by atoms with Gasteiger partial charge < -0.3 is 4.90 Å². The van der Waals surface area contributed by atoms with Crippen molar-refractivity contribution < 1.29 is 18.0 Å². The fraction of sp³-hybridized carbons (Fsp3) is 0.375. The standard InChI is InChI=1S/C8H8F3N3O/c1-14(2)6-5(4-15)3-12-7(13-6)8(9,10)11/h3-4H,1-2H3. The highest BCUT2D eigenvalue weighted by atomic mass is 19.4. The topological polar surface area (TPSA) is 46.1 Å². The van der Waals surface area contributed by atoms with Crippen LogP contribution in [0, 0.1) is 0 Å². The van der Waals surface area contributed by atoms with E-state index < -0.39 is 12.0 Å². The van der Waals surface area contributed by atoms with Gasteiger partial charge in [0, 0.05) is 20.3 Å². The Morgan fingerprint density at radius 2 is 2.00 bits per heavy atom. The molecular weight excluding hydrogens is 211 g/mol. The van der Waals surface area contributed by atoms with Gasteiger partial charge in [0.1, 0.15) is 5.82 Å². The molecule has 0 saturated heterocycles. The summed E-state index contributed by atoms with van der Waals surface area (Å²) in [7, 11) is 2.99. The number of hydrogen-bond acceptors (Lipinski definition) is 4. The lowest BCUT2D eigenvalue weighted by Crippen LogP contribution is -2.18. The maximum absolute atomic E-state index is 12.2. The second kappa shape index (κ2) is 3.84. The summed E-state index contributed by atoms with van der Waals surface area (Å²) in [6, 6.07) is 0. The van der Waals surface area contributed by atoms with E-state index in [1.807, 2.05) is 0 Å². The highest BCUT2D eigenvalue weighted by Gasteiger charge is 2.35. The number of aromatic nitrogens is 2. The second-order valence-corrected chi connectivity index (χ2v) is 2.98. The van der Waals surface area contributed by atoms with Gasteiger partial charge in [-0.3, -0.25) is 4.79 Å². The minimum atomic E-state index is -4.60. The quantitative estimate of drug-likeness (QED) is 0.705. The summed E-state index contributed by atoms with van der Waals surface area (Å²) in [5.74, 6) is -1.30. The van der Waals surface area contributed by atoms with E-state index in [-0.39, 0.29) is 11.4 Å². The van der Waals surface area contributed by atoms with Gasteiger partial charge in [0.2, 0.25) is 5.82 Å². The molecule has 0 radical (unpaired) electrons. The summed E-state index contributed by atoms with van der Waals surface area (Å²) < 4.78 is 36.7. The van der Waals surface area contributed by atoms with Crippen LogP contribution in [0.25, 0.3) is 0 Å². The van der Waals surface area contributed by atoms with E-state index in [1.54, 1.807) is 0 Å². The van der Waals surface area contributed by atoms with Gasteiger partial charge in [0.05, 0.1) is 5.56 Å². The first-order chi connectivity index (χ1) is 6.86. The molecule has 0 aromatic carbocycles. The number of rotatable bonds is 2. The number of anilines is 1. The average molecular weight is 219 g/mol. The minimum Gasteiger partial charge on any atom is -0.362 e. The molecule has 4 nitrogen and oxygen atoms in total. The molecule has 0 fully saturated rings. The zero-order valence-corrected chi connectivity index (χ0v) is 8.04. The van der Waals surface area contributed by atoms with E-state index >= 15 is 0 Å². The molecule has 0 atom stereocenters. The van der Waals surface area contributed by atoms with E-state index in [9.17, 15) is 18.0 Å². The molecule has 1 heterocycles. The summed E-state index contributed by atoms with van der Waals surface area (Å²) in [6.07, 6.45) is -3.33. The largest absolute Gasteiger partial charge is 0.451 e. The molecule has 1 aromatic heterocycles. The van der Waals surface area contributed by atoms with Crippen molar-refractivity contribution in [3.8, 4) is 0 Å². The van der Waals surface area contributed by atoms with E-state index in [4.69, 9.17) is 0 Å². The van der Waals surface area contributed by atoms with Gasteiger partial charge in [-0.25, -0.2) is 9.97 Å². The molecule has 82 valence electrons. The summed E-state index contributed by atoms with van der Waals surface area (Å²) >= 11 is 0. The third-order valence-corrected chi connectivity index (χ3v) is 1.60. The predicted octanol–water partition coefficient (Wildman–Crippen LogP) is 1.37. The minimum absolute atomic E-state index is 0.0213. The van der Waals surface area contributed by atoms with E-state index in [0.29, 0.717) is 6.29 Å². The lowest BCUT2D eigenvalue weighted by Gasteiger charge is -2.14. The van der Waals surface area contributed by atoms with Crippen LogP contribution >= 0.6 is 0 Å². The first kappa shape index (κ1) is 11.4. The zero-order chi connectivity index (χ0) is 11.6. The Balaban J connectivity index is 3.28. The first-order valence-corrected chi connectivity index (χ1v) is 3.93. The number of hydrogen-bond donors (Lipinski definition) is 0. The number of alkyl halides is 3. The fourth-order valence-electron chi connectivity index (χ4n) is 0.960. The monoisotopic (exact) mass is 219 g/mol. The molecule has 15 heavy (non-hydrogen) atoms. The van der Waals surface area contributed by atoms with Crippen LogP contribution in [0.4, 0.5) is 19.0 Å². The SMILES string of the molecule is CN(C)c1nc(C(F)(F)F)ncc1C=O. The molecule has 7 heteroatoms. The Labute approximate surface area is 83.7 Å². The van der Waals surface area contributed by atoms with Crippen LogP contribution in [0.5, 0.6) is 0 Å². The Morgan fingerprint density at radius 3 is 2.40 bits per heavy atom. The van der Waals surface area contributed by atoms with Gasteiger partial charge in [-0.15, -0.1) is 0 Å². The van der Waals surface area contributed by atoms with Crippen molar-refractivity contribution in [1.82, 2.24) is 9.97 Å². The van der Waals surface area contributed by atoms with Crippen LogP contribution in [-0.4, -0.2) is 30.3 Å². The average Bonchev–Trinajstić information content (AvgIpc) is 2.15. The molecule has 0 aliphatic heterocycles. The second-order valence-electron chi connectivity index (χ2n) is 2.98. The van der Waals surface area contributed by atoms with Crippen molar-refractivity contribution in [3.63, 3.8) is 0 Å². The van der Waals surface area contributed by atoms with Crippen molar-refractivity contribution >= 4 is 12.1 Å². The maximum atomic E-state index is 12.2. The molecule has 0 N–H and O–H groups in total. The van der Waals surface area contributed by atoms with Gasteiger partial charge in [-0.05, 0) is 0 Å². The van der Waals surface area contributed by atoms with Crippen molar-refractivity contribution in [3.05, 3.63) is 17.6 Å². The van der Waals surface area contributed by atoms with E-state index in [0.717, 1.165) is 6.20 Å². The van der Waals surface area contributed by atoms with Gasteiger partial charge in [0.15, 0.2) is 6.29 Å².